The Balaban J connectivity index is 2.11. The molecule has 1 fully saturated rings. The Hall–Kier alpha value is -2.98. The average molecular weight is 504 g/mol. The second-order valence-electron chi connectivity index (χ2n) is 9.46. The third-order valence-corrected chi connectivity index (χ3v) is 6.65. The zero-order valence-electron chi connectivity index (χ0n) is 21.3. The van der Waals surface area contributed by atoms with Crippen molar-refractivity contribution in [3.8, 4) is 0 Å². The molecule has 0 spiro atoms. The number of aliphatic carboxylic acids is 1. The first-order valence-electron chi connectivity index (χ1n) is 12.9. The molecule has 0 aliphatic carbocycles. The summed E-state index contributed by atoms with van der Waals surface area (Å²) < 4.78 is 0. The first-order chi connectivity index (χ1) is 17.3. The van der Waals surface area contributed by atoms with Crippen LogP contribution in [0.2, 0.25) is 0 Å². The average Bonchev–Trinajstić information content (AvgIpc) is 3.41. The molecule has 1 aromatic rings. The zero-order valence-corrected chi connectivity index (χ0v) is 21.3. The Kier molecular flexibility index (Phi) is 12.4. The lowest BCUT2D eigenvalue weighted by atomic mass is 9.96. The summed E-state index contributed by atoms with van der Waals surface area (Å²) in [6.45, 7) is 4.94. The van der Waals surface area contributed by atoms with Gasteiger partial charge in [-0.05, 0) is 56.7 Å². The maximum Gasteiger partial charge on any atom is 0.326 e. The first kappa shape index (κ1) is 29.3. The van der Waals surface area contributed by atoms with Gasteiger partial charge in [0, 0.05) is 6.42 Å². The van der Waals surface area contributed by atoms with E-state index in [0.717, 1.165) is 18.5 Å². The highest BCUT2D eigenvalue weighted by Gasteiger charge is 2.33. The highest BCUT2D eigenvalue weighted by molar-refractivity contribution is 5.94. The molecular weight excluding hydrogens is 462 g/mol. The van der Waals surface area contributed by atoms with Crippen molar-refractivity contribution >= 4 is 23.7 Å². The van der Waals surface area contributed by atoms with Crippen molar-refractivity contribution in [2.24, 2.45) is 11.7 Å². The van der Waals surface area contributed by atoms with Gasteiger partial charge in [0.15, 0.2) is 0 Å². The number of nitrogens with two attached hydrogens (primary N) is 1. The largest absolute Gasteiger partial charge is 0.480 e. The molecule has 0 bridgehead atoms. The lowest BCUT2D eigenvalue weighted by molar-refractivity contribution is -0.142. The maximum absolute atomic E-state index is 13.3. The molecule has 10 nitrogen and oxygen atoms in total. The van der Waals surface area contributed by atoms with Gasteiger partial charge in [0.25, 0.3) is 0 Å². The lowest BCUT2D eigenvalue weighted by Gasteiger charge is -2.28. The van der Waals surface area contributed by atoms with Crippen LogP contribution in [0.5, 0.6) is 0 Å². The van der Waals surface area contributed by atoms with E-state index in [1.54, 1.807) is 24.3 Å². The smallest absolute Gasteiger partial charge is 0.326 e. The predicted octanol–water partition coefficient (Wildman–Crippen LogP) is 0.695. The quantitative estimate of drug-likeness (QED) is 0.192. The summed E-state index contributed by atoms with van der Waals surface area (Å²) >= 11 is 0. The Morgan fingerprint density at radius 1 is 1.06 bits per heavy atom. The molecule has 1 aromatic carbocycles. The van der Waals surface area contributed by atoms with Crippen LogP contribution in [0.1, 0.15) is 57.9 Å². The van der Waals surface area contributed by atoms with Crippen LogP contribution >= 0.6 is 0 Å². The topological polar surface area (TPSA) is 163 Å². The molecule has 10 heteroatoms. The minimum atomic E-state index is -1.16. The van der Waals surface area contributed by atoms with Gasteiger partial charge < -0.3 is 32.1 Å². The van der Waals surface area contributed by atoms with Gasteiger partial charge in [0.2, 0.25) is 17.7 Å². The van der Waals surface area contributed by atoms with E-state index in [9.17, 15) is 24.3 Å². The number of nitrogens with one attached hydrogen (secondary N) is 4. The number of hydrogen-bond acceptors (Lipinski definition) is 6. The minimum absolute atomic E-state index is 0.120. The Morgan fingerprint density at radius 3 is 2.36 bits per heavy atom. The van der Waals surface area contributed by atoms with Crippen LogP contribution in [0, 0.1) is 5.92 Å². The minimum Gasteiger partial charge on any atom is -0.480 e. The summed E-state index contributed by atoms with van der Waals surface area (Å²) in [6, 6.07) is 5.79. The maximum atomic E-state index is 13.3. The molecule has 0 saturated carbocycles. The van der Waals surface area contributed by atoms with Crippen molar-refractivity contribution in [1.29, 1.82) is 0 Å². The van der Waals surface area contributed by atoms with E-state index >= 15 is 0 Å². The number of benzene rings is 1. The molecule has 1 aliphatic heterocycles. The molecule has 1 saturated heterocycles. The van der Waals surface area contributed by atoms with E-state index in [1.165, 1.54) is 0 Å². The number of carbonyl (C=O) groups is 4. The molecule has 0 radical (unpaired) electrons. The monoisotopic (exact) mass is 503 g/mol. The summed E-state index contributed by atoms with van der Waals surface area (Å²) in [5.74, 6) is -2.67. The summed E-state index contributed by atoms with van der Waals surface area (Å²) in [5.41, 5.74) is 6.37. The molecule has 200 valence electrons. The summed E-state index contributed by atoms with van der Waals surface area (Å²) in [4.78, 5) is 51.0. The predicted molar refractivity (Wildman–Crippen MR) is 137 cm³/mol. The van der Waals surface area contributed by atoms with Crippen molar-refractivity contribution in [2.75, 3.05) is 13.1 Å². The Morgan fingerprint density at radius 2 is 1.78 bits per heavy atom. The van der Waals surface area contributed by atoms with E-state index in [-0.39, 0.29) is 24.3 Å². The van der Waals surface area contributed by atoms with Crippen LogP contribution in [-0.2, 0) is 25.6 Å². The normalized spacial score (nSPS) is 18.5. The van der Waals surface area contributed by atoms with Gasteiger partial charge in [-0.1, -0.05) is 50.6 Å². The van der Waals surface area contributed by atoms with Gasteiger partial charge >= 0.3 is 5.97 Å². The second kappa shape index (κ2) is 15.2. The van der Waals surface area contributed by atoms with Gasteiger partial charge in [0.05, 0.1) is 6.04 Å². The van der Waals surface area contributed by atoms with E-state index in [0.29, 0.717) is 38.6 Å². The molecule has 0 aromatic heterocycles. The number of carbonyl (C=O) groups excluding carboxylic acids is 3. The second-order valence-corrected chi connectivity index (χ2v) is 9.46. The van der Waals surface area contributed by atoms with Crippen molar-refractivity contribution in [3.05, 3.63) is 35.9 Å². The van der Waals surface area contributed by atoms with Crippen LogP contribution in [0.3, 0.4) is 0 Å². The number of hydrogen-bond donors (Lipinski definition) is 6. The Labute approximate surface area is 213 Å². The van der Waals surface area contributed by atoms with Crippen LogP contribution in [0.15, 0.2) is 30.3 Å². The molecule has 2 rings (SSSR count). The molecule has 5 atom stereocenters. The molecule has 1 heterocycles. The first-order valence-corrected chi connectivity index (χ1v) is 12.9. The number of unbranched alkanes of at least 4 members (excludes halogenated alkanes) is 1. The lowest BCUT2D eigenvalue weighted by Crippen LogP contribution is -2.58. The van der Waals surface area contributed by atoms with Crippen molar-refractivity contribution in [2.45, 2.75) is 83.0 Å². The fraction of sp³-hybridized carbons (Fsp3) is 0.615. The van der Waals surface area contributed by atoms with Crippen LogP contribution in [0.25, 0.3) is 0 Å². The number of amides is 3. The van der Waals surface area contributed by atoms with Crippen molar-refractivity contribution < 1.29 is 24.3 Å². The summed E-state index contributed by atoms with van der Waals surface area (Å²) in [7, 11) is 0. The van der Waals surface area contributed by atoms with E-state index in [4.69, 9.17) is 5.73 Å². The highest BCUT2D eigenvalue weighted by atomic mass is 16.4. The van der Waals surface area contributed by atoms with Gasteiger partial charge in [0.1, 0.15) is 18.1 Å². The number of carboxylic acids is 1. The zero-order chi connectivity index (χ0) is 26.5. The number of carboxylic acid groups (broad SMARTS) is 1. The van der Waals surface area contributed by atoms with Gasteiger partial charge in [-0.15, -0.1) is 0 Å². The third-order valence-electron chi connectivity index (χ3n) is 6.65. The van der Waals surface area contributed by atoms with Gasteiger partial charge in [-0.3, -0.25) is 14.4 Å². The Bertz CT molecular complexity index is 860. The van der Waals surface area contributed by atoms with E-state index in [2.05, 4.69) is 21.3 Å². The van der Waals surface area contributed by atoms with E-state index in [1.807, 2.05) is 19.9 Å². The van der Waals surface area contributed by atoms with Crippen molar-refractivity contribution in [3.63, 3.8) is 0 Å². The number of rotatable bonds is 15. The third kappa shape index (κ3) is 9.23. The van der Waals surface area contributed by atoms with Crippen molar-refractivity contribution in [1.82, 2.24) is 21.3 Å². The summed E-state index contributed by atoms with van der Waals surface area (Å²) in [5, 5.41) is 21.0. The summed E-state index contributed by atoms with van der Waals surface area (Å²) in [6.07, 6.45) is 4.05. The molecular formula is C26H41N5O5. The van der Waals surface area contributed by atoms with E-state index < -0.39 is 35.9 Å². The molecule has 7 N–H and O–H groups in total. The van der Waals surface area contributed by atoms with Crippen LogP contribution in [0.4, 0.5) is 0 Å². The van der Waals surface area contributed by atoms with Crippen LogP contribution in [-0.4, -0.2) is 66.1 Å². The SMILES string of the molecule is CCC(C)C(NC(=O)C(CCCCN)NC(=O)C1CCCN1)C(=O)NC(Cc1ccccc1)C(=O)O. The molecule has 5 unspecified atom stereocenters. The molecule has 3 amide bonds. The standard InChI is InChI=1S/C26H41N5O5/c1-3-17(2)22(25(34)30-21(26(35)36)16-18-10-5-4-6-11-18)31-24(33)20(12-7-8-14-27)29-23(32)19-13-9-15-28-19/h4-6,10-11,17,19-22,28H,3,7-9,12-16,27H2,1-2H3,(H,29,32)(H,30,34)(H,31,33)(H,35,36). The highest BCUT2D eigenvalue weighted by Crippen LogP contribution is 2.12. The molecule has 1 aliphatic rings. The fourth-order valence-corrected chi connectivity index (χ4v) is 4.21. The fourth-order valence-electron chi connectivity index (χ4n) is 4.21. The van der Waals surface area contributed by atoms with Gasteiger partial charge in [-0.25, -0.2) is 4.79 Å². The van der Waals surface area contributed by atoms with Gasteiger partial charge in [-0.2, -0.15) is 0 Å². The van der Waals surface area contributed by atoms with Crippen LogP contribution < -0.4 is 27.0 Å². The molecule has 36 heavy (non-hydrogen) atoms.